The van der Waals surface area contributed by atoms with Crippen molar-refractivity contribution in [3.63, 3.8) is 0 Å². The number of aryl methyl sites for hydroxylation is 1. The zero-order valence-corrected chi connectivity index (χ0v) is 16.1. The van der Waals surface area contributed by atoms with Gasteiger partial charge in [-0.25, -0.2) is 8.78 Å². The number of nitrogens with zero attached hydrogens (tertiary/aromatic N) is 4. The molecular weight excluding hydrogens is 406 g/mol. The van der Waals surface area contributed by atoms with E-state index in [1.807, 2.05) is 18.2 Å². The van der Waals surface area contributed by atoms with Gasteiger partial charge in [0.15, 0.2) is 0 Å². The molecule has 0 N–H and O–H groups in total. The molecule has 0 bridgehead atoms. The van der Waals surface area contributed by atoms with Crippen molar-refractivity contribution in [3.05, 3.63) is 51.8 Å². The molecule has 1 aliphatic heterocycles. The lowest BCUT2D eigenvalue weighted by molar-refractivity contribution is -0.133. The highest BCUT2D eigenvalue weighted by Gasteiger charge is 2.23. The summed E-state index contributed by atoms with van der Waals surface area (Å²) in [5.41, 5.74) is 1.51. The molecule has 0 aliphatic carbocycles. The number of hydrogen-bond donors (Lipinski definition) is 0. The number of carbonyl (C=O) groups excluding carboxylic acids is 1. The quantitative estimate of drug-likeness (QED) is 0.736. The number of benzene rings is 1. The van der Waals surface area contributed by atoms with Gasteiger partial charge in [-0.3, -0.25) is 14.4 Å². The molecule has 1 aromatic carbocycles. The molecule has 5 nitrogen and oxygen atoms in total. The van der Waals surface area contributed by atoms with Crippen molar-refractivity contribution in [1.82, 2.24) is 19.6 Å². The largest absolute Gasteiger partial charge is 0.339 e. The molecule has 0 saturated carbocycles. The molecule has 2 heterocycles. The first-order valence-corrected chi connectivity index (χ1v) is 9.29. The lowest BCUT2D eigenvalue weighted by Crippen LogP contribution is -2.49. The summed E-state index contributed by atoms with van der Waals surface area (Å²) in [6.45, 7) is 5.35. The lowest BCUT2D eigenvalue weighted by atomic mass is 10.2. The zero-order valence-electron chi connectivity index (χ0n) is 14.5. The summed E-state index contributed by atoms with van der Waals surface area (Å²) >= 11 is 3.56. The van der Waals surface area contributed by atoms with E-state index in [4.69, 9.17) is 0 Å². The minimum atomic E-state index is -2.62. The summed E-state index contributed by atoms with van der Waals surface area (Å²) in [6.07, 6.45) is -2.62. The van der Waals surface area contributed by atoms with Gasteiger partial charge in [-0.2, -0.15) is 5.10 Å². The molecule has 0 atom stereocenters. The van der Waals surface area contributed by atoms with E-state index < -0.39 is 6.43 Å². The van der Waals surface area contributed by atoms with E-state index in [1.54, 1.807) is 11.8 Å². The average molecular weight is 427 g/mol. The second-order valence-electron chi connectivity index (χ2n) is 6.42. The Bertz CT molecular complexity index is 772. The van der Waals surface area contributed by atoms with E-state index >= 15 is 0 Å². The molecule has 26 heavy (non-hydrogen) atoms. The molecule has 3 rings (SSSR count). The Labute approximate surface area is 159 Å². The minimum Gasteiger partial charge on any atom is -0.339 e. The number of aromatic nitrogens is 2. The predicted octanol–water partition coefficient (Wildman–Crippen LogP) is 3.24. The van der Waals surface area contributed by atoms with Crippen molar-refractivity contribution < 1.29 is 13.6 Å². The average Bonchev–Trinajstić information content (AvgIpc) is 2.98. The highest BCUT2D eigenvalue weighted by atomic mass is 79.9. The van der Waals surface area contributed by atoms with Crippen LogP contribution in [-0.4, -0.2) is 51.7 Å². The maximum atomic E-state index is 12.7. The van der Waals surface area contributed by atoms with Crippen molar-refractivity contribution in [2.24, 2.45) is 0 Å². The molecule has 1 amide bonds. The molecule has 1 saturated heterocycles. The number of piperazine rings is 1. The van der Waals surface area contributed by atoms with E-state index in [9.17, 15) is 13.6 Å². The minimum absolute atomic E-state index is 0.00276. The molecule has 140 valence electrons. The highest BCUT2D eigenvalue weighted by Crippen LogP contribution is 2.19. The Kier molecular flexibility index (Phi) is 6.03. The Morgan fingerprint density at radius 3 is 2.54 bits per heavy atom. The van der Waals surface area contributed by atoms with Crippen LogP contribution in [0.3, 0.4) is 0 Å². The van der Waals surface area contributed by atoms with Crippen LogP contribution in [-0.2, 0) is 17.9 Å². The number of alkyl halides is 2. The topological polar surface area (TPSA) is 41.4 Å². The third-order valence-corrected chi connectivity index (χ3v) is 5.36. The van der Waals surface area contributed by atoms with E-state index in [2.05, 4.69) is 32.0 Å². The molecule has 1 aliphatic rings. The Balaban J connectivity index is 1.53. The highest BCUT2D eigenvalue weighted by molar-refractivity contribution is 9.10. The fourth-order valence-corrected chi connectivity index (χ4v) is 3.46. The van der Waals surface area contributed by atoms with Crippen molar-refractivity contribution in [1.29, 1.82) is 0 Å². The van der Waals surface area contributed by atoms with Crippen molar-refractivity contribution in [3.8, 4) is 0 Å². The van der Waals surface area contributed by atoms with Crippen LogP contribution in [0, 0.1) is 6.92 Å². The van der Waals surface area contributed by atoms with Gasteiger partial charge in [0, 0.05) is 42.9 Å². The first-order valence-electron chi connectivity index (χ1n) is 8.50. The second kappa shape index (κ2) is 8.26. The van der Waals surface area contributed by atoms with Crippen LogP contribution in [0.25, 0.3) is 0 Å². The molecular formula is C18H21BrF2N4O. The molecule has 8 heteroatoms. The van der Waals surface area contributed by atoms with Gasteiger partial charge >= 0.3 is 0 Å². The number of rotatable bonds is 5. The summed E-state index contributed by atoms with van der Waals surface area (Å²) in [5, 5.41) is 3.83. The number of halogens is 3. The van der Waals surface area contributed by atoms with Gasteiger partial charge in [0.05, 0.1) is 0 Å². The van der Waals surface area contributed by atoms with Crippen LogP contribution in [0.2, 0.25) is 0 Å². The van der Waals surface area contributed by atoms with Gasteiger partial charge in [-0.15, -0.1) is 0 Å². The van der Waals surface area contributed by atoms with Crippen LogP contribution in [0.1, 0.15) is 23.4 Å². The smallest absolute Gasteiger partial charge is 0.282 e. The molecule has 2 aromatic rings. The van der Waals surface area contributed by atoms with E-state index in [0.717, 1.165) is 24.1 Å². The number of amides is 1. The summed E-state index contributed by atoms with van der Waals surface area (Å²) in [7, 11) is 0. The SMILES string of the molecule is Cc1cc(C(F)F)nn1CC(=O)N1CCN(Cc2ccccc2Br)CC1. The summed E-state index contributed by atoms with van der Waals surface area (Å²) in [5.74, 6) is -0.0856. The van der Waals surface area contributed by atoms with Crippen LogP contribution in [0.4, 0.5) is 8.78 Å². The first kappa shape index (κ1) is 19.0. The molecule has 1 fully saturated rings. The standard InChI is InChI=1S/C18H21BrF2N4O/c1-13-10-16(18(20)21)22-25(13)12-17(26)24-8-6-23(7-9-24)11-14-4-2-3-5-15(14)19/h2-5,10,18H,6-9,11-12H2,1H3. The van der Waals surface area contributed by atoms with Gasteiger partial charge < -0.3 is 4.90 Å². The maximum Gasteiger partial charge on any atom is 0.282 e. The molecule has 0 unspecified atom stereocenters. The fraction of sp³-hybridized carbons (Fsp3) is 0.444. The fourth-order valence-electron chi connectivity index (χ4n) is 3.05. The molecule has 0 radical (unpaired) electrons. The van der Waals surface area contributed by atoms with Crippen LogP contribution in [0.15, 0.2) is 34.8 Å². The monoisotopic (exact) mass is 426 g/mol. The van der Waals surface area contributed by atoms with Crippen LogP contribution < -0.4 is 0 Å². The summed E-state index contributed by atoms with van der Waals surface area (Å²) < 4.78 is 27.9. The van der Waals surface area contributed by atoms with Gasteiger partial charge in [-0.1, -0.05) is 34.1 Å². The van der Waals surface area contributed by atoms with Gasteiger partial charge in [-0.05, 0) is 24.6 Å². The molecule has 0 spiro atoms. The third-order valence-electron chi connectivity index (χ3n) is 4.59. The number of hydrogen-bond acceptors (Lipinski definition) is 3. The van der Waals surface area contributed by atoms with E-state index in [1.165, 1.54) is 16.3 Å². The van der Waals surface area contributed by atoms with Crippen molar-refractivity contribution in [2.75, 3.05) is 26.2 Å². The Morgan fingerprint density at radius 2 is 1.92 bits per heavy atom. The Hall–Kier alpha value is -1.80. The zero-order chi connectivity index (χ0) is 18.7. The van der Waals surface area contributed by atoms with Gasteiger partial charge in [0.25, 0.3) is 6.43 Å². The van der Waals surface area contributed by atoms with E-state index in [0.29, 0.717) is 18.8 Å². The van der Waals surface area contributed by atoms with Gasteiger partial charge in [0.2, 0.25) is 5.91 Å². The lowest BCUT2D eigenvalue weighted by Gasteiger charge is -2.35. The second-order valence-corrected chi connectivity index (χ2v) is 7.27. The first-order chi connectivity index (χ1) is 12.4. The van der Waals surface area contributed by atoms with Crippen molar-refractivity contribution in [2.45, 2.75) is 26.4 Å². The molecule has 1 aromatic heterocycles. The number of carbonyl (C=O) groups is 1. The summed E-state index contributed by atoms with van der Waals surface area (Å²) in [6, 6.07) is 9.44. The predicted molar refractivity (Wildman–Crippen MR) is 97.9 cm³/mol. The van der Waals surface area contributed by atoms with Crippen molar-refractivity contribution >= 4 is 21.8 Å². The van der Waals surface area contributed by atoms with Crippen LogP contribution in [0.5, 0.6) is 0 Å². The third kappa shape index (κ3) is 4.48. The summed E-state index contributed by atoms with van der Waals surface area (Å²) in [4.78, 5) is 16.6. The normalized spacial score (nSPS) is 15.7. The van der Waals surface area contributed by atoms with Gasteiger partial charge in [0.1, 0.15) is 12.2 Å². The maximum absolute atomic E-state index is 12.7. The van der Waals surface area contributed by atoms with E-state index in [-0.39, 0.29) is 18.1 Å². The van der Waals surface area contributed by atoms with Crippen LogP contribution >= 0.6 is 15.9 Å². The Morgan fingerprint density at radius 1 is 1.23 bits per heavy atom.